The minimum absolute atomic E-state index is 0.0369. The van der Waals surface area contributed by atoms with E-state index in [1.54, 1.807) is 0 Å². The third kappa shape index (κ3) is 8.39. The van der Waals surface area contributed by atoms with Gasteiger partial charge in [-0.1, -0.05) is 154 Å². The van der Waals surface area contributed by atoms with Crippen molar-refractivity contribution in [2.45, 2.75) is 90.9 Å². The second kappa shape index (κ2) is 14.1. The molecule has 10 heteroatoms. The van der Waals surface area contributed by atoms with Crippen molar-refractivity contribution in [3.63, 3.8) is 0 Å². The monoisotopic (exact) mass is 760 g/mol. The normalized spacial score (nSPS) is 24.2. The molecule has 0 amide bonds. The third-order valence-electron chi connectivity index (χ3n) is 10.5. The van der Waals surface area contributed by atoms with Gasteiger partial charge in [0, 0.05) is 22.0 Å². The predicted molar refractivity (Wildman–Crippen MR) is 210 cm³/mol. The van der Waals surface area contributed by atoms with E-state index in [-0.39, 0.29) is 48.1 Å². The van der Waals surface area contributed by atoms with Crippen LogP contribution in [0.4, 0.5) is 0 Å². The van der Waals surface area contributed by atoms with E-state index in [1.807, 2.05) is 60.7 Å². The van der Waals surface area contributed by atoms with Crippen LogP contribution in [0.1, 0.15) is 103 Å². The smallest absolute Gasteiger partial charge is 0.404 e. The van der Waals surface area contributed by atoms with Gasteiger partial charge in [-0.2, -0.15) is 0 Å². The standard InChI is InChI=1S/C43H54O8P2/c1-39(2,3)35-25-33(41(7,8)31-17-13-11-14-18-31)21-23-37(35)50-52(44)46-27-43(28-47-52)29-48-53(45,49-30-43)51-38-24-22-34(26-36(38)40(4,5)6)42(9,10)32-19-15-12-16-20-32/h11-26H,27-30H2,1-10H3. The summed E-state index contributed by atoms with van der Waals surface area (Å²) in [5.74, 6) is 0.873. The molecule has 0 atom stereocenters. The Hall–Kier alpha value is -3.22. The molecule has 2 aliphatic rings. The molecule has 4 aromatic rings. The van der Waals surface area contributed by atoms with Gasteiger partial charge in [0.05, 0.1) is 31.8 Å². The zero-order valence-electron chi connectivity index (χ0n) is 32.7. The highest BCUT2D eigenvalue weighted by atomic mass is 31.2. The molecule has 0 aromatic heterocycles. The maximum atomic E-state index is 13.9. The minimum atomic E-state index is -4.00. The molecule has 6 rings (SSSR count). The maximum absolute atomic E-state index is 13.9. The van der Waals surface area contributed by atoms with Crippen molar-refractivity contribution in [1.82, 2.24) is 0 Å². The first-order valence-electron chi connectivity index (χ1n) is 18.2. The summed E-state index contributed by atoms with van der Waals surface area (Å²) in [5.41, 5.74) is 4.32. The zero-order chi connectivity index (χ0) is 38.5. The van der Waals surface area contributed by atoms with Crippen molar-refractivity contribution in [2.75, 3.05) is 26.4 Å². The molecule has 0 saturated carbocycles. The van der Waals surface area contributed by atoms with Gasteiger partial charge in [0.25, 0.3) is 0 Å². The Kier molecular flexibility index (Phi) is 10.5. The van der Waals surface area contributed by atoms with Crippen LogP contribution in [-0.2, 0) is 48.9 Å². The molecule has 0 bridgehead atoms. The quantitative estimate of drug-likeness (QED) is 0.164. The fourth-order valence-corrected chi connectivity index (χ4v) is 9.63. The molecule has 0 unspecified atom stereocenters. The average Bonchev–Trinajstić information content (AvgIpc) is 3.11. The van der Waals surface area contributed by atoms with Gasteiger partial charge in [0.2, 0.25) is 0 Å². The Labute approximate surface area is 315 Å². The molecule has 0 aliphatic carbocycles. The number of hydrogen-bond donors (Lipinski definition) is 0. The van der Waals surface area contributed by atoms with E-state index < -0.39 is 21.1 Å². The number of hydrogen-bond acceptors (Lipinski definition) is 8. The summed E-state index contributed by atoms with van der Waals surface area (Å²) in [6.45, 7) is 21.1. The molecular formula is C43H54O8P2. The first-order chi connectivity index (χ1) is 24.6. The van der Waals surface area contributed by atoms with Crippen molar-refractivity contribution >= 4 is 15.6 Å². The predicted octanol–water partition coefficient (Wildman–Crippen LogP) is 11.7. The lowest BCUT2D eigenvalue weighted by Gasteiger charge is -2.42. The van der Waals surface area contributed by atoms with Gasteiger partial charge in [-0.05, 0) is 45.2 Å². The van der Waals surface area contributed by atoms with Crippen LogP contribution >= 0.6 is 15.6 Å². The van der Waals surface area contributed by atoms with Crippen LogP contribution in [0.5, 0.6) is 11.5 Å². The lowest BCUT2D eigenvalue weighted by Crippen LogP contribution is -2.46. The van der Waals surface area contributed by atoms with E-state index in [2.05, 4.69) is 106 Å². The summed E-state index contributed by atoms with van der Waals surface area (Å²) in [5, 5.41) is 0. The third-order valence-corrected chi connectivity index (χ3v) is 13.2. The van der Waals surface area contributed by atoms with E-state index >= 15 is 0 Å². The Morgan fingerprint density at radius 3 is 1.09 bits per heavy atom. The summed E-state index contributed by atoms with van der Waals surface area (Å²) in [6, 6.07) is 32.6. The van der Waals surface area contributed by atoms with Gasteiger partial charge < -0.3 is 9.05 Å². The second-order valence-electron chi connectivity index (χ2n) is 17.6. The van der Waals surface area contributed by atoms with Crippen molar-refractivity contribution in [1.29, 1.82) is 0 Å². The minimum Gasteiger partial charge on any atom is -0.404 e. The highest BCUT2D eigenvalue weighted by Crippen LogP contribution is 2.61. The lowest BCUT2D eigenvalue weighted by molar-refractivity contribution is -0.0854. The Morgan fingerprint density at radius 2 is 0.792 bits per heavy atom. The molecule has 8 nitrogen and oxygen atoms in total. The summed E-state index contributed by atoms with van der Waals surface area (Å²) >= 11 is 0. The molecule has 4 aromatic carbocycles. The molecule has 0 N–H and O–H groups in total. The van der Waals surface area contributed by atoms with Crippen LogP contribution in [0.3, 0.4) is 0 Å². The summed E-state index contributed by atoms with van der Waals surface area (Å²) < 4.78 is 63.3. The number of phosphoric ester groups is 2. The number of benzene rings is 4. The number of rotatable bonds is 8. The van der Waals surface area contributed by atoms with E-state index in [0.29, 0.717) is 11.5 Å². The van der Waals surface area contributed by atoms with E-state index in [1.165, 1.54) is 11.1 Å². The molecule has 2 fully saturated rings. The van der Waals surface area contributed by atoms with Crippen LogP contribution in [0.2, 0.25) is 0 Å². The molecular weight excluding hydrogens is 706 g/mol. The largest absolute Gasteiger partial charge is 0.530 e. The van der Waals surface area contributed by atoms with Crippen LogP contribution in [0.25, 0.3) is 0 Å². The van der Waals surface area contributed by atoms with Gasteiger partial charge in [0.15, 0.2) is 0 Å². The zero-order valence-corrected chi connectivity index (χ0v) is 34.5. The van der Waals surface area contributed by atoms with Crippen molar-refractivity contribution in [2.24, 2.45) is 5.41 Å². The van der Waals surface area contributed by atoms with E-state index in [4.69, 9.17) is 27.1 Å². The fourth-order valence-electron chi connectivity index (χ4n) is 6.75. The van der Waals surface area contributed by atoms with Crippen molar-refractivity contribution in [3.05, 3.63) is 130 Å². The van der Waals surface area contributed by atoms with Crippen molar-refractivity contribution in [3.8, 4) is 11.5 Å². The van der Waals surface area contributed by atoms with Gasteiger partial charge >= 0.3 is 15.6 Å². The van der Waals surface area contributed by atoms with Gasteiger partial charge in [-0.15, -0.1) is 0 Å². The summed E-state index contributed by atoms with van der Waals surface area (Å²) in [4.78, 5) is 0. The lowest BCUT2D eigenvalue weighted by atomic mass is 9.75. The molecule has 2 aliphatic heterocycles. The topological polar surface area (TPSA) is 89.5 Å². The molecule has 0 radical (unpaired) electrons. The highest BCUT2D eigenvalue weighted by molar-refractivity contribution is 7.49. The van der Waals surface area contributed by atoms with Crippen LogP contribution in [-0.4, -0.2) is 26.4 Å². The molecule has 284 valence electrons. The Morgan fingerprint density at radius 1 is 0.472 bits per heavy atom. The highest BCUT2D eigenvalue weighted by Gasteiger charge is 2.51. The first kappa shape index (κ1) is 39.5. The SMILES string of the molecule is CC(C)(C)c1cc(C(C)(C)c2ccccc2)ccc1OP1(=O)OCC2(CO1)COP(=O)(Oc1ccc(C(C)(C)c3ccccc3)cc1C(C)(C)C)OC2. The molecule has 2 saturated heterocycles. The first-order valence-corrected chi connectivity index (χ1v) is 21.2. The molecule has 2 heterocycles. The molecule has 53 heavy (non-hydrogen) atoms. The Balaban J connectivity index is 1.14. The summed E-state index contributed by atoms with van der Waals surface area (Å²) in [6.07, 6.45) is 0. The second-order valence-corrected chi connectivity index (χ2v) is 20.8. The maximum Gasteiger partial charge on any atom is 0.530 e. The van der Waals surface area contributed by atoms with Gasteiger partial charge in [-0.25, -0.2) is 9.13 Å². The summed E-state index contributed by atoms with van der Waals surface area (Å²) in [7, 11) is -8.01. The van der Waals surface area contributed by atoms with E-state index in [9.17, 15) is 9.13 Å². The average molecular weight is 761 g/mol. The Bertz CT molecular complexity index is 1850. The fraction of sp³-hybridized carbons (Fsp3) is 0.442. The van der Waals surface area contributed by atoms with Gasteiger partial charge in [0.1, 0.15) is 11.5 Å². The van der Waals surface area contributed by atoms with Crippen LogP contribution in [0, 0.1) is 5.41 Å². The van der Waals surface area contributed by atoms with E-state index in [0.717, 1.165) is 22.3 Å². The molecule has 1 spiro atoms. The van der Waals surface area contributed by atoms with Gasteiger partial charge in [-0.3, -0.25) is 18.1 Å². The van der Waals surface area contributed by atoms with Crippen LogP contribution < -0.4 is 9.05 Å². The number of phosphoric acid groups is 2. The van der Waals surface area contributed by atoms with Crippen LogP contribution in [0.15, 0.2) is 97.1 Å². The van der Waals surface area contributed by atoms with Crippen molar-refractivity contribution < 1.29 is 36.3 Å².